The van der Waals surface area contributed by atoms with E-state index in [1.807, 2.05) is 31.2 Å². The molecule has 1 aliphatic heterocycles. The first-order chi connectivity index (χ1) is 15.0. The number of aryl methyl sites for hydroxylation is 1. The zero-order valence-corrected chi connectivity index (χ0v) is 18.1. The maximum atomic E-state index is 12.4. The molecule has 0 saturated carbocycles. The van der Waals surface area contributed by atoms with E-state index in [4.69, 9.17) is 15.2 Å². The van der Waals surface area contributed by atoms with Gasteiger partial charge in [0.05, 0.1) is 5.92 Å². The van der Waals surface area contributed by atoms with Gasteiger partial charge in [-0.3, -0.25) is 9.89 Å². The first-order valence-electron chi connectivity index (χ1n) is 9.37. The lowest BCUT2D eigenvalue weighted by Gasteiger charge is -2.25. The van der Waals surface area contributed by atoms with E-state index in [2.05, 4.69) is 37.5 Å². The third-order valence-corrected chi connectivity index (χ3v) is 5.32. The number of rotatable bonds is 5. The monoisotopic (exact) mass is 479 g/mol. The number of carbonyl (C=O) groups is 1. The number of ether oxygens (including phenoxy) is 2. The smallest absolute Gasteiger partial charge is 0.262 e. The van der Waals surface area contributed by atoms with Crippen molar-refractivity contribution in [2.45, 2.75) is 12.8 Å². The van der Waals surface area contributed by atoms with Crippen LogP contribution < -0.4 is 20.5 Å². The maximum absolute atomic E-state index is 12.4. The lowest BCUT2D eigenvalue weighted by Crippen LogP contribution is -2.23. The van der Waals surface area contributed by atoms with Gasteiger partial charge < -0.3 is 20.5 Å². The summed E-state index contributed by atoms with van der Waals surface area (Å²) >= 11 is 3.47. The zero-order valence-electron chi connectivity index (χ0n) is 16.5. The minimum absolute atomic E-state index is 0.0146. The molecule has 1 unspecified atom stereocenters. The van der Waals surface area contributed by atoms with Gasteiger partial charge in [0.25, 0.3) is 5.91 Å². The van der Waals surface area contributed by atoms with E-state index in [0.29, 0.717) is 28.4 Å². The number of allylic oxidation sites excluding steroid dienone is 1. The highest BCUT2D eigenvalue weighted by molar-refractivity contribution is 9.10. The summed E-state index contributed by atoms with van der Waals surface area (Å²) in [5, 5.41) is 19.6. The average Bonchev–Trinajstić information content (AvgIpc) is 3.12. The number of H-pyrrole nitrogens is 1. The Morgan fingerprint density at radius 1 is 1.35 bits per heavy atom. The number of fused-ring (bicyclic) bond motifs is 1. The van der Waals surface area contributed by atoms with E-state index in [1.54, 1.807) is 24.3 Å². The molecule has 1 amide bonds. The molecule has 8 nitrogen and oxygen atoms in total. The highest BCUT2D eigenvalue weighted by Gasteiger charge is 2.36. The molecule has 2 heterocycles. The number of aromatic nitrogens is 2. The van der Waals surface area contributed by atoms with Gasteiger partial charge >= 0.3 is 0 Å². The van der Waals surface area contributed by atoms with Gasteiger partial charge in [-0.15, -0.1) is 5.10 Å². The predicted octanol–water partition coefficient (Wildman–Crippen LogP) is 3.72. The van der Waals surface area contributed by atoms with E-state index in [0.717, 1.165) is 10.2 Å². The van der Waals surface area contributed by atoms with Crippen molar-refractivity contribution in [1.82, 2.24) is 10.2 Å². The number of anilines is 1. The molecule has 0 bridgehead atoms. The predicted molar refractivity (Wildman–Crippen MR) is 117 cm³/mol. The third-order valence-electron chi connectivity index (χ3n) is 4.83. The first-order valence-corrected chi connectivity index (χ1v) is 10.2. The number of benzene rings is 2. The number of nitrogens with one attached hydrogen (secondary N) is 2. The van der Waals surface area contributed by atoms with Gasteiger partial charge in [-0.2, -0.15) is 5.26 Å². The summed E-state index contributed by atoms with van der Waals surface area (Å²) in [6.07, 6.45) is 0. The molecule has 0 spiro atoms. The van der Waals surface area contributed by atoms with Crippen molar-refractivity contribution in [2.24, 2.45) is 5.73 Å². The molecule has 4 rings (SSSR count). The fourth-order valence-electron chi connectivity index (χ4n) is 3.45. The lowest BCUT2D eigenvalue weighted by atomic mass is 9.83. The summed E-state index contributed by atoms with van der Waals surface area (Å²) in [6.45, 7) is 1.63. The Bertz CT molecular complexity index is 1210. The molecule has 9 heteroatoms. The van der Waals surface area contributed by atoms with Crippen LogP contribution in [-0.2, 0) is 4.79 Å². The fraction of sp³-hybridized carbons (Fsp3) is 0.136. The van der Waals surface area contributed by atoms with Gasteiger partial charge in [0, 0.05) is 27.0 Å². The number of para-hydroxylation sites is 1. The Hall–Kier alpha value is -3.77. The first kappa shape index (κ1) is 20.5. The molecule has 1 aliphatic rings. The number of nitriles is 1. The summed E-state index contributed by atoms with van der Waals surface area (Å²) in [6, 6.07) is 16.6. The van der Waals surface area contributed by atoms with Gasteiger partial charge in [0.15, 0.2) is 6.61 Å². The topological polar surface area (TPSA) is 126 Å². The van der Waals surface area contributed by atoms with Crippen LogP contribution in [0.4, 0.5) is 5.69 Å². The normalized spacial score (nSPS) is 14.9. The molecule has 4 N–H and O–H groups in total. The second kappa shape index (κ2) is 8.53. The number of nitrogens with zero attached hydrogens (tertiary/aromatic N) is 2. The van der Waals surface area contributed by atoms with Gasteiger partial charge in [-0.05, 0) is 37.3 Å². The third kappa shape index (κ3) is 4.11. The molecular formula is C22H18BrN5O3. The second-order valence-corrected chi connectivity index (χ2v) is 7.79. The van der Waals surface area contributed by atoms with Crippen molar-refractivity contribution < 1.29 is 14.3 Å². The van der Waals surface area contributed by atoms with E-state index in [-0.39, 0.29) is 24.0 Å². The Balaban J connectivity index is 1.67. The van der Waals surface area contributed by atoms with Crippen molar-refractivity contribution in [2.75, 3.05) is 11.9 Å². The van der Waals surface area contributed by atoms with Crippen molar-refractivity contribution in [1.29, 1.82) is 5.26 Å². The second-order valence-electron chi connectivity index (χ2n) is 6.88. The van der Waals surface area contributed by atoms with Crippen LogP contribution >= 0.6 is 15.9 Å². The minimum atomic E-state index is -0.558. The van der Waals surface area contributed by atoms with Crippen molar-refractivity contribution in [3.05, 3.63) is 81.3 Å². The molecule has 0 fully saturated rings. The standard InChI is InChI=1S/C22H18BrN5O3/c1-12-19-20(16(10-24)21(25)31-22(19)28-27-12)15-9-13(23)7-8-17(15)30-11-18(29)26-14-5-3-2-4-6-14/h2-9,20H,11,25H2,1H3,(H,26,29)(H,27,28). The van der Waals surface area contributed by atoms with E-state index < -0.39 is 5.92 Å². The van der Waals surface area contributed by atoms with E-state index >= 15 is 0 Å². The largest absolute Gasteiger partial charge is 0.483 e. The van der Waals surface area contributed by atoms with Gasteiger partial charge in [-0.25, -0.2) is 0 Å². The molecule has 3 aromatic rings. The number of amides is 1. The maximum Gasteiger partial charge on any atom is 0.262 e. The summed E-state index contributed by atoms with van der Waals surface area (Å²) < 4.78 is 12.2. The molecule has 156 valence electrons. The molecule has 0 radical (unpaired) electrons. The number of nitrogens with two attached hydrogens (primary N) is 1. The Morgan fingerprint density at radius 3 is 2.87 bits per heavy atom. The van der Waals surface area contributed by atoms with Gasteiger partial charge in [0.1, 0.15) is 17.4 Å². The number of carbonyl (C=O) groups excluding carboxylic acids is 1. The number of hydrogen-bond acceptors (Lipinski definition) is 6. The average molecular weight is 480 g/mol. The Morgan fingerprint density at radius 2 is 2.13 bits per heavy atom. The van der Waals surface area contributed by atoms with Crippen molar-refractivity contribution in [3.63, 3.8) is 0 Å². The SMILES string of the molecule is Cc1[nH]nc2c1C(c1cc(Br)ccc1OCC(=O)Nc1ccccc1)C(C#N)=C(N)O2. The number of halogens is 1. The van der Waals surface area contributed by atoms with Crippen molar-refractivity contribution in [3.8, 4) is 17.7 Å². The summed E-state index contributed by atoms with van der Waals surface area (Å²) in [4.78, 5) is 12.4. The van der Waals surface area contributed by atoms with Crippen molar-refractivity contribution >= 4 is 27.5 Å². The zero-order chi connectivity index (χ0) is 22.0. The summed E-state index contributed by atoms with van der Waals surface area (Å²) in [5.41, 5.74) is 9.03. The lowest BCUT2D eigenvalue weighted by molar-refractivity contribution is -0.118. The molecule has 0 saturated heterocycles. The van der Waals surface area contributed by atoms with Crippen LogP contribution in [0, 0.1) is 18.3 Å². The molecule has 31 heavy (non-hydrogen) atoms. The minimum Gasteiger partial charge on any atom is -0.483 e. The molecule has 2 aromatic carbocycles. The van der Waals surface area contributed by atoms with Crippen LogP contribution in [0.2, 0.25) is 0 Å². The van der Waals surface area contributed by atoms with Gasteiger partial charge in [-0.1, -0.05) is 34.1 Å². The Kier molecular flexibility index (Phi) is 5.64. The van der Waals surface area contributed by atoms with E-state index in [9.17, 15) is 10.1 Å². The fourth-order valence-corrected chi connectivity index (χ4v) is 3.83. The van der Waals surface area contributed by atoms with Crippen LogP contribution in [0.15, 0.2) is 64.5 Å². The molecular weight excluding hydrogens is 462 g/mol. The van der Waals surface area contributed by atoms with Crippen LogP contribution in [0.5, 0.6) is 11.6 Å². The molecule has 1 aromatic heterocycles. The van der Waals surface area contributed by atoms with Gasteiger partial charge in [0.2, 0.25) is 11.8 Å². The van der Waals surface area contributed by atoms with Crippen LogP contribution in [0.25, 0.3) is 0 Å². The van der Waals surface area contributed by atoms with E-state index in [1.165, 1.54) is 0 Å². The van der Waals surface area contributed by atoms with Crippen LogP contribution in [-0.4, -0.2) is 22.7 Å². The number of aromatic amines is 1. The number of hydrogen-bond donors (Lipinski definition) is 3. The molecule has 0 aliphatic carbocycles. The molecule has 1 atom stereocenters. The Labute approximate surface area is 186 Å². The van der Waals surface area contributed by atoms with Crippen LogP contribution in [0.1, 0.15) is 22.7 Å². The highest BCUT2D eigenvalue weighted by Crippen LogP contribution is 2.46. The van der Waals surface area contributed by atoms with Crippen LogP contribution in [0.3, 0.4) is 0 Å². The highest BCUT2D eigenvalue weighted by atomic mass is 79.9. The summed E-state index contributed by atoms with van der Waals surface area (Å²) in [7, 11) is 0. The quantitative estimate of drug-likeness (QED) is 0.511. The summed E-state index contributed by atoms with van der Waals surface area (Å²) in [5.74, 6) is -0.114.